The third-order valence-electron chi connectivity index (χ3n) is 5.12. The van der Waals surface area contributed by atoms with E-state index in [9.17, 15) is 9.59 Å². The maximum atomic E-state index is 13.5. The normalized spacial score (nSPS) is 15.6. The summed E-state index contributed by atoms with van der Waals surface area (Å²) in [4.78, 5) is 33.0. The largest absolute Gasteiger partial charge is 0.450 e. The molecule has 0 fully saturated rings. The van der Waals surface area contributed by atoms with Gasteiger partial charge in [0, 0.05) is 15.2 Å². The van der Waals surface area contributed by atoms with Gasteiger partial charge < -0.3 is 4.42 Å². The zero-order valence-electron chi connectivity index (χ0n) is 15.7. The molecule has 4 aromatic rings. The maximum absolute atomic E-state index is 13.5. The Morgan fingerprint density at radius 1 is 1.07 bits per heavy atom. The zero-order valence-corrected chi connectivity index (χ0v) is 18.1. The number of aromatic nitrogens is 1. The molecule has 0 saturated carbocycles. The number of halogens is 2. The van der Waals surface area contributed by atoms with E-state index < -0.39 is 11.9 Å². The van der Waals surface area contributed by atoms with Gasteiger partial charge in [-0.3, -0.25) is 14.5 Å². The number of amides is 1. The highest BCUT2D eigenvalue weighted by Crippen LogP contribution is 2.41. The van der Waals surface area contributed by atoms with Crippen molar-refractivity contribution in [2.75, 3.05) is 4.90 Å². The Labute approximate surface area is 185 Å². The lowest BCUT2D eigenvalue weighted by molar-refractivity contribution is 0.0970. The van der Waals surface area contributed by atoms with Gasteiger partial charge in [-0.15, -0.1) is 0 Å². The monoisotopic (exact) mass is 480 g/mol. The van der Waals surface area contributed by atoms with Crippen molar-refractivity contribution in [1.82, 2.24) is 4.98 Å². The van der Waals surface area contributed by atoms with Crippen molar-refractivity contribution in [3.8, 4) is 0 Å². The van der Waals surface area contributed by atoms with Crippen LogP contribution in [0.1, 0.15) is 33.4 Å². The van der Waals surface area contributed by atoms with Crippen LogP contribution in [0.3, 0.4) is 0 Å². The van der Waals surface area contributed by atoms with Crippen LogP contribution >= 0.6 is 27.5 Å². The highest BCUT2D eigenvalue weighted by molar-refractivity contribution is 9.10. The third kappa shape index (κ3) is 2.95. The average Bonchev–Trinajstić information content (AvgIpc) is 3.01. The smallest absolute Gasteiger partial charge is 0.296 e. The van der Waals surface area contributed by atoms with Gasteiger partial charge in [0.25, 0.3) is 5.91 Å². The number of aryl methyl sites for hydroxylation is 1. The molecule has 30 heavy (non-hydrogen) atoms. The summed E-state index contributed by atoms with van der Waals surface area (Å²) in [6, 6.07) is 17.0. The summed E-state index contributed by atoms with van der Waals surface area (Å²) < 4.78 is 6.70. The predicted molar refractivity (Wildman–Crippen MR) is 119 cm³/mol. The Morgan fingerprint density at radius 2 is 1.87 bits per heavy atom. The van der Waals surface area contributed by atoms with E-state index in [1.165, 1.54) is 4.90 Å². The minimum Gasteiger partial charge on any atom is -0.450 e. The van der Waals surface area contributed by atoms with Gasteiger partial charge in [0.2, 0.25) is 5.76 Å². The summed E-state index contributed by atoms with van der Waals surface area (Å²) in [5, 5.41) is 0.917. The van der Waals surface area contributed by atoms with Crippen molar-refractivity contribution in [3.05, 3.63) is 103 Å². The van der Waals surface area contributed by atoms with E-state index in [-0.39, 0.29) is 16.8 Å². The molecule has 1 atom stereocenters. The summed E-state index contributed by atoms with van der Waals surface area (Å²) in [5.74, 6) is 0.0686. The molecular weight excluding hydrogens is 468 g/mol. The number of nitrogens with zero attached hydrogens (tertiary/aromatic N) is 2. The summed E-state index contributed by atoms with van der Waals surface area (Å²) in [6.07, 6.45) is 0. The van der Waals surface area contributed by atoms with Crippen LogP contribution in [0.4, 0.5) is 5.82 Å². The van der Waals surface area contributed by atoms with Crippen LogP contribution in [0, 0.1) is 6.92 Å². The van der Waals surface area contributed by atoms with Gasteiger partial charge in [0.05, 0.1) is 17.0 Å². The molecule has 1 aliphatic heterocycles. The Hall–Kier alpha value is -2.96. The second-order valence-electron chi connectivity index (χ2n) is 7.08. The van der Waals surface area contributed by atoms with Crippen LogP contribution in [-0.2, 0) is 0 Å². The number of carbonyl (C=O) groups is 1. The second-order valence-corrected chi connectivity index (χ2v) is 8.44. The predicted octanol–water partition coefficient (Wildman–Crippen LogP) is 5.66. The van der Waals surface area contributed by atoms with Gasteiger partial charge in [-0.1, -0.05) is 45.7 Å². The number of rotatable bonds is 2. The SMILES string of the molecule is Cc1cccc(N2C(=O)c3oc4ccc(Br)cc4c(=O)c3[C@H]2c2cccc(Cl)c2)n1. The first-order chi connectivity index (χ1) is 14.4. The summed E-state index contributed by atoms with van der Waals surface area (Å²) >= 11 is 9.63. The summed E-state index contributed by atoms with van der Waals surface area (Å²) in [6.45, 7) is 1.85. The van der Waals surface area contributed by atoms with Crippen molar-refractivity contribution in [3.63, 3.8) is 0 Å². The lowest BCUT2D eigenvalue weighted by atomic mass is 9.98. The molecule has 0 aliphatic carbocycles. The van der Waals surface area contributed by atoms with Gasteiger partial charge in [-0.25, -0.2) is 4.98 Å². The molecule has 0 bridgehead atoms. The fourth-order valence-electron chi connectivity index (χ4n) is 3.84. The molecule has 0 saturated heterocycles. The van der Waals surface area contributed by atoms with Crippen molar-refractivity contribution in [1.29, 1.82) is 0 Å². The molecule has 148 valence electrons. The first-order valence-electron chi connectivity index (χ1n) is 9.23. The van der Waals surface area contributed by atoms with E-state index in [1.54, 1.807) is 42.5 Å². The molecule has 5 nitrogen and oxygen atoms in total. The van der Waals surface area contributed by atoms with E-state index in [1.807, 2.05) is 25.1 Å². The molecule has 0 spiro atoms. The Bertz CT molecular complexity index is 1400. The first kappa shape index (κ1) is 19.0. The third-order valence-corrected chi connectivity index (χ3v) is 5.85. The number of benzene rings is 2. The maximum Gasteiger partial charge on any atom is 0.296 e. The molecule has 1 amide bonds. The fourth-order valence-corrected chi connectivity index (χ4v) is 4.40. The number of hydrogen-bond donors (Lipinski definition) is 0. The Kier molecular flexibility index (Phi) is 4.49. The van der Waals surface area contributed by atoms with E-state index >= 15 is 0 Å². The molecule has 0 unspecified atom stereocenters. The molecule has 5 rings (SSSR count). The molecular formula is C23H14BrClN2O3. The standard InChI is InChI=1S/C23H14BrClN2O3/c1-12-4-2-7-18(26-12)27-20(13-5-3-6-15(25)10-13)19-21(28)16-11-14(24)8-9-17(16)30-22(19)23(27)29/h2-11,20H,1H3/t20-/m1/s1. The molecule has 3 heterocycles. The molecule has 2 aromatic carbocycles. The lowest BCUT2D eigenvalue weighted by Gasteiger charge is -2.24. The molecule has 1 aliphatic rings. The first-order valence-corrected chi connectivity index (χ1v) is 10.4. The van der Waals surface area contributed by atoms with Crippen LogP contribution in [0.5, 0.6) is 0 Å². The van der Waals surface area contributed by atoms with Crippen LogP contribution in [0.15, 0.2) is 74.3 Å². The van der Waals surface area contributed by atoms with E-state index in [0.717, 1.165) is 10.2 Å². The molecule has 0 N–H and O–H groups in total. The minimum absolute atomic E-state index is 0.0307. The van der Waals surface area contributed by atoms with Gasteiger partial charge in [0.15, 0.2) is 5.43 Å². The van der Waals surface area contributed by atoms with Crippen LogP contribution in [0.2, 0.25) is 5.02 Å². The highest BCUT2D eigenvalue weighted by atomic mass is 79.9. The van der Waals surface area contributed by atoms with Crippen molar-refractivity contribution in [2.45, 2.75) is 13.0 Å². The number of fused-ring (bicyclic) bond motifs is 2. The number of hydrogen-bond acceptors (Lipinski definition) is 4. The van der Waals surface area contributed by atoms with Gasteiger partial charge in [-0.2, -0.15) is 0 Å². The van der Waals surface area contributed by atoms with E-state index in [4.69, 9.17) is 16.0 Å². The van der Waals surface area contributed by atoms with Crippen LogP contribution in [-0.4, -0.2) is 10.9 Å². The summed E-state index contributed by atoms with van der Waals surface area (Å²) in [5.41, 5.74) is 1.87. The molecule has 7 heteroatoms. The lowest BCUT2D eigenvalue weighted by Crippen LogP contribution is -2.30. The van der Waals surface area contributed by atoms with Gasteiger partial charge in [0.1, 0.15) is 11.4 Å². The van der Waals surface area contributed by atoms with Gasteiger partial charge in [-0.05, 0) is 55.0 Å². The number of carbonyl (C=O) groups excluding carboxylic acids is 1. The van der Waals surface area contributed by atoms with Crippen molar-refractivity contribution in [2.24, 2.45) is 0 Å². The Morgan fingerprint density at radius 3 is 2.63 bits per heavy atom. The average molecular weight is 482 g/mol. The van der Waals surface area contributed by atoms with Crippen LogP contribution in [0.25, 0.3) is 11.0 Å². The second kappa shape index (κ2) is 7.07. The fraction of sp³-hybridized carbons (Fsp3) is 0.0870. The number of pyridine rings is 1. The topological polar surface area (TPSA) is 63.4 Å². The zero-order chi connectivity index (χ0) is 21.0. The Balaban J connectivity index is 1.84. The van der Waals surface area contributed by atoms with Crippen molar-refractivity contribution >= 4 is 50.2 Å². The number of anilines is 1. The summed E-state index contributed by atoms with van der Waals surface area (Å²) in [7, 11) is 0. The van der Waals surface area contributed by atoms with E-state index in [2.05, 4.69) is 20.9 Å². The van der Waals surface area contributed by atoms with Crippen LogP contribution < -0.4 is 10.3 Å². The van der Waals surface area contributed by atoms with Gasteiger partial charge >= 0.3 is 0 Å². The minimum atomic E-state index is -0.694. The highest BCUT2D eigenvalue weighted by Gasteiger charge is 2.44. The van der Waals surface area contributed by atoms with Crippen molar-refractivity contribution < 1.29 is 9.21 Å². The molecule has 2 aromatic heterocycles. The quantitative estimate of drug-likeness (QED) is 0.370. The molecule has 0 radical (unpaired) electrons. The van der Waals surface area contributed by atoms with E-state index in [0.29, 0.717) is 27.4 Å².